The molecule has 1 aromatic rings. The third kappa shape index (κ3) is 3.46. The van der Waals surface area contributed by atoms with Crippen LogP contribution in [0.1, 0.15) is 54.9 Å². The minimum atomic E-state index is -0.0494. The number of hydrogen-bond acceptors (Lipinski definition) is 2. The Labute approximate surface area is 137 Å². The van der Waals surface area contributed by atoms with Crippen LogP contribution in [0, 0.1) is 0 Å². The number of allylic oxidation sites excluding steroid dienone is 1. The van der Waals surface area contributed by atoms with Gasteiger partial charge in [0, 0.05) is 24.3 Å². The van der Waals surface area contributed by atoms with Crippen LogP contribution in [0.3, 0.4) is 0 Å². The molecule has 3 rings (SSSR count). The molecule has 0 saturated carbocycles. The lowest BCUT2D eigenvalue weighted by Gasteiger charge is -2.15. The summed E-state index contributed by atoms with van der Waals surface area (Å²) in [6, 6.07) is 5.57. The molecule has 0 saturated heterocycles. The molecule has 0 bridgehead atoms. The number of benzene rings is 1. The highest BCUT2D eigenvalue weighted by molar-refractivity contribution is 6.03. The van der Waals surface area contributed by atoms with Gasteiger partial charge < -0.3 is 10.2 Å². The van der Waals surface area contributed by atoms with Crippen LogP contribution in [0.15, 0.2) is 29.8 Å². The Morgan fingerprint density at radius 1 is 1.30 bits per heavy atom. The summed E-state index contributed by atoms with van der Waals surface area (Å²) in [7, 11) is 0. The van der Waals surface area contributed by atoms with Crippen molar-refractivity contribution in [3.05, 3.63) is 41.0 Å². The second kappa shape index (κ2) is 6.99. The van der Waals surface area contributed by atoms with E-state index in [1.54, 1.807) is 4.90 Å². The van der Waals surface area contributed by atoms with Crippen LogP contribution in [0.4, 0.5) is 5.69 Å². The average molecular weight is 312 g/mol. The van der Waals surface area contributed by atoms with E-state index in [1.807, 2.05) is 25.1 Å². The van der Waals surface area contributed by atoms with E-state index in [-0.39, 0.29) is 11.8 Å². The number of carbonyl (C=O) groups is 2. The molecule has 1 aliphatic carbocycles. The Balaban J connectivity index is 1.59. The minimum absolute atomic E-state index is 0.0494. The summed E-state index contributed by atoms with van der Waals surface area (Å²) < 4.78 is 0. The molecule has 0 unspecified atom stereocenters. The Hall–Kier alpha value is -2.10. The third-order valence-electron chi connectivity index (χ3n) is 4.71. The maximum Gasteiger partial charge on any atom is 0.251 e. The van der Waals surface area contributed by atoms with E-state index in [9.17, 15) is 9.59 Å². The summed E-state index contributed by atoms with van der Waals surface area (Å²) in [6.45, 7) is 3.32. The van der Waals surface area contributed by atoms with Gasteiger partial charge in [-0.1, -0.05) is 11.6 Å². The van der Waals surface area contributed by atoms with Crippen molar-refractivity contribution in [2.45, 2.75) is 45.4 Å². The fourth-order valence-electron chi connectivity index (χ4n) is 3.44. The number of carbonyl (C=O) groups excluding carboxylic acids is 2. The number of nitrogens with zero attached hydrogens (tertiary/aromatic N) is 1. The molecule has 2 aliphatic rings. The molecule has 1 heterocycles. The maximum atomic E-state index is 12.3. The molecule has 2 amide bonds. The largest absolute Gasteiger partial charge is 0.352 e. The van der Waals surface area contributed by atoms with Crippen molar-refractivity contribution in [1.82, 2.24) is 5.32 Å². The predicted octanol–water partition coefficient (Wildman–Crippen LogP) is 3.22. The molecule has 0 aromatic heterocycles. The first-order valence-electron chi connectivity index (χ1n) is 8.58. The molecule has 0 atom stereocenters. The van der Waals surface area contributed by atoms with E-state index >= 15 is 0 Å². The minimum Gasteiger partial charge on any atom is -0.352 e. The molecular weight excluding hydrogens is 288 g/mol. The van der Waals surface area contributed by atoms with Gasteiger partial charge in [-0.15, -0.1) is 0 Å². The lowest BCUT2D eigenvalue weighted by molar-refractivity contribution is -0.117. The number of likely N-dealkylation sites (N-methyl/N-ethyl adjacent to an activating group) is 1. The van der Waals surface area contributed by atoms with Crippen molar-refractivity contribution in [2.75, 3.05) is 18.0 Å². The zero-order valence-corrected chi connectivity index (χ0v) is 13.7. The van der Waals surface area contributed by atoms with E-state index in [2.05, 4.69) is 11.4 Å². The molecule has 1 aliphatic heterocycles. The van der Waals surface area contributed by atoms with Gasteiger partial charge in [0.15, 0.2) is 0 Å². The highest BCUT2D eigenvalue weighted by Crippen LogP contribution is 2.29. The first-order valence-corrected chi connectivity index (χ1v) is 8.58. The fraction of sp³-hybridized carbons (Fsp3) is 0.474. The molecule has 0 spiro atoms. The molecule has 0 radical (unpaired) electrons. The highest BCUT2D eigenvalue weighted by Gasteiger charge is 2.26. The van der Waals surface area contributed by atoms with E-state index in [0.29, 0.717) is 25.1 Å². The zero-order chi connectivity index (χ0) is 16.2. The molecular formula is C19H24N2O2. The normalized spacial score (nSPS) is 17.0. The molecule has 23 heavy (non-hydrogen) atoms. The number of amides is 2. The highest BCUT2D eigenvalue weighted by atomic mass is 16.2. The van der Waals surface area contributed by atoms with Gasteiger partial charge in [-0.2, -0.15) is 0 Å². The second-order valence-electron chi connectivity index (χ2n) is 6.27. The van der Waals surface area contributed by atoms with Crippen LogP contribution in [-0.4, -0.2) is 24.9 Å². The zero-order valence-electron chi connectivity index (χ0n) is 13.7. The van der Waals surface area contributed by atoms with E-state index in [4.69, 9.17) is 0 Å². The van der Waals surface area contributed by atoms with Crippen LogP contribution < -0.4 is 10.2 Å². The van der Waals surface area contributed by atoms with Gasteiger partial charge in [-0.3, -0.25) is 9.59 Å². The Kier molecular flexibility index (Phi) is 4.79. The first-order chi connectivity index (χ1) is 11.2. The van der Waals surface area contributed by atoms with Crippen LogP contribution in [-0.2, 0) is 11.2 Å². The summed E-state index contributed by atoms with van der Waals surface area (Å²) in [5.74, 6) is 0.0656. The van der Waals surface area contributed by atoms with Crippen molar-refractivity contribution in [2.24, 2.45) is 0 Å². The van der Waals surface area contributed by atoms with Crippen LogP contribution in [0.25, 0.3) is 0 Å². The third-order valence-corrected chi connectivity index (χ3v) is 4.71. The summed E-state index contributed by atoms with van der Waals surface area (Å²) in [5, 5.41) is 3.00. The maximum absolute atomic E-state index is 12.3. The molecule has 1 aromatic carbocycles. The molecule has 1 N–H and O–H groups in total. The number of fused-ring (bicyclic) bond motifs is 1. The second-order valence-corrected chi connectivity index (χ2v) is 6.27. The average Bonchev–Trinajstić information content (AvgIpc) is 2.89. The SMILES string of the molecule is CCN1C(=O)Cc2cc(C(=O)NCCC3=CCCCC3)ccc21. The van der Waals surface area contributed by atoms with E-state index in [0.717, 1.165) is 17.7 Å². The van der Waals surface area contributed by atoms with Gasteiger partial charge >= 0.3 is 0 Å². The Bertz CT molecular complexity index is 649. The molecule has 122 valence electrons. The predicted molar refractivity (Wildman–Crippen MR) is 91.7 cm³/mol. The van der Waals surface area contributed by atoms with Gasteiger partial charge in [0.25, 0.3) is 5.91 Å². The van der Waals surface area contributed by atoms with Crippen molar-refractivity contribution < 1.29 is 9.59 Å². The summed E-state index contributed by atoms with van der Waals surface area (Å²) in [6.07, 6.45) is 8.57. The molecule has 0 fully saturated rings. The van der Waals surface area contributed by atoms with Crippen molar-refractivity contribution in [3.8, 4) is 0 Å². The first kappa shape index (κ1) is 15.8. The van der Waals surface area contributed by atoms with Crippen molar-refractivity contribution in [1.29, 1.82) is 0 Å². The summed E-state index contributed by atoms with van der Waals surface area (Å²) in [5.41, 5.74) is 4.02. The number of anilines is 1. The molecule has 4 nitrogen and oxygen atoms in total. The Morgan fingerprint density at radius 3 is 2.91 bits per heavy atom. The van der Waals surface area contributed by atoms with Gasteiger partial charge in [0.2, 0.25) is 5.91 Å². The van der Waals surface area contributed by atoms with Gasteiger partial charge in [0.05, 0.1) is 6.42 Å². The lowest BCUT2D eigenvalue weighted by atomic mass is 9.97. The van der Waals surface area contributed by atoms with Crippen LogP contribution >= 0.6 is 0 Å². The summed E-state index contributed by atoms with van der Waals surface area (Å²) >= 11 is 0. The van der Waals surface area contributed by atoms with Crippen molar-refractivity contribution in [3.63, 3.8) is 0 Å². The summed E-state index contributed by atoms with van der Waals surface area (Å²) in [4.78, 5) is 26.0. The van der Waals surface area contributed by atoms with E-state index < -0.39 is 0 Å². The van der Waals surface area contributed by atoms with Gasteiger partial charge in [-0.05, 0) is 62.8 Å². The quantitative estimate of drug-likeness (QED) is 0.849. The van der Waals surface area contributed by atoms with Crippen LogP contribution in [0.2, 0.25) is 0 Å². The van der Waals surface area contributed by atoms with Crippen molar-refractivity contribution >= 4 is 17.5 Å². The van der Waals surface area contributed by atoms with Gasteiger partial charge in [-0.25, -0.2) is 0 Å². The molecule has 4 heteroatoms. The lowest BCUT2D eigenvalue weighted by Crippen LogP contribution is -2.26. The van der Waals surface area contributed by atoms with Crippen LogP contribution in [0.5, 0.6) is 0 Å². The number of hydrogen-bond donors (Lipinski definition) is 1. The topological polar surface area (TPSA) is 49.4 Å². The standard InChI is InChI=1S/C19H24N2O2/c1-2-21-17-9-8-15(12-16(17)13-18(21)22)19(23)20-11-10-14-6-4-3-5-7-14/h6,8-9,12H,2-5,7,10-11,13H2,1H3,(H,20,23). The fourth-order valence-corrected chi connectivity index (χ4v) is 3.44. The van der Waals surface area contributed by atoms with Gasteiger partial charge in [0.1, 0.15) is 0 Å². The number of nitrogens with one attached hydrogen (secondary N) is 1. The monoisotopic (exact) mass is 312 g/mol. The number of rotatable bonds is 5. The van der Waals surface area contributed by atoms with E-state index in [1.165, 1.54) is 31.3 Å². The Morgan fingerprint density at radius 2 is 2.17 bits per heavy atom. The smallest absolute Gasteiger partial charge is 0.251 e.